The zero-order valence-electron chi connectivity index (χ0n) is 63.9. The van der Waals surface area contributed by atoms with E-state index in [0.29, 0.717) is 0 Å². The van der Waals surface area contributed by atoms with Crippen LogP contribution in [0.15, 0.2) is 461 Å². The van der Waals surface area contributed by atoms with Crippen molar-refractivity contribution in [3.8, 4) is 100 Å². The van der Waals surface area contributed by atoms with Crippen molar-refractivity contribution in [2.45, 2.75) is 7.43 Å². The molecule has 0 atom stereocenters. The first kappa shape index (κ1) is 71.0. The van der Waals surface area contributed by atoms with Crippen molar-refractivity contribution in [3.05, 3.63) is 461 Å². The quantitative estimate of drug-likeness (QED) is 0.0998. The fourth-order valence-corrected chi connectivity index (χ4v) is 18.6. The summed E-state index contributed by atoms with van der Waals surface area (Å²) in [4.78, 5) is 0. The molecule has 0 unspecified atom stereocenters. The van der Waals surface area contributed by atoms with Gasteiger partial charge < -0.3 is 0 Å². The van der Waals surface area contributed by atoms with Crippen molar-refractivity contribution in [2.75, 3.05) is 0 Å². The third kappa shape index (κ3) is 12.8. The smallest absolute Gasteiger partial charge is 0.00201 e. The Morgan fingerprint density at radius 1 is 0.0940 bits per heavy atom. The van der Waals surface area contributed by atoms with E-state index < -0.39 is 0 Å². The maximum Gasteiger partial charge on any atom is -0.00201 e. The zero-order chi connectivity index (χ0) is 76.8. The van der Waals surface area contributed by atoms with Gasteiger partial charge in [-0.15, -0.1) is 0 Å². The van der Waals surface area contributed by atoms with Crippen molar-refractivity contribution in [3.63, 3.8) is 0 Å². The Kier molecular flexibility index (Phi) is 18.7. The summed E-state index contributed by atoms with van der Waals surface area (Å²) >= 11 is 0. The van der Waals surface area contributed by atoms with E-state index in [-0.39, 0.29) is 7.43 Å². The summed E-state index contributed by atoms with van der Waals surface area (Å²) in [6.45, 7) is 0. The van der Waals surface area contributed by atoms with E-state index in [9.17, 15) is 0 Å². The molecule has 0 aliphatic carbocycles. The zero-order valence-corrected chi connectivity index (χ0v) is 63.9. The van der Waals surface area contributed by atoms with Gasteiger partial charge in [0.05, 0.1) is 0 Å². The Morgan fingerprint density at radius 3 is 0.701 bits per heavy atom. The van der Waals surface area contributed by atoms with Crippen LogP contribution in [0.1, 0.15) is 7.43 Å². The van der Waals surface area contributed by atoms with E-state index in [0.717, 1.165) is 0 Å². The van der Waals surface area contributed by atoms with Crippen LogP contribution in [0.25, 0.3) is 219 Å². The highest BCUT2D eigenvalue weighted by molar-refractivity contribution is 6.26. The molecule has 0 nitrogen and oxygen atoms in total. The fourth-order valence-electron chi connectivity index (χ4n) is 18.6. The number of rotatable bonds is 9. The Labute approximate surface area is 682 Å². The third-order valence-electron chi connectivity index (χ3n) is 23.7. The molecule has 23 aromatic rings. The molecule has 0 aliphatic heterocycles. The SMILES string of the molecule is C.c1ccc(-c2c3ccccc3c(-c3cccc(-c4cc5ccccc5c5ccccc45)c3)c3ccccc23)cc1.c1ccc(-c2c3ccccc3c(-c3cccc(-c4cccc5ccccc45)c3)c3ccccc23)cc1.c1ccc2c(-c3ccc(-c4c5ccccc5c(-c5cccc6ccccc56)c5ccccc45)cc3)cccc2c1. The Bertz CT molecular complexity index is 7550. The van der Waals surface area contributed by atoms with Crippen LogP contribution in [-0.2, 0) is 0 Å². The van der Waals surface area contributed by atoms with E-state index in [1.807, 2.05) is 0 Å². The van der Waals surface area contributed by atoms with Gasteiger partial charge in [0.25, 0.3) is 0 Å². The van der Waals surface area contributed by atoms with Gasteiger partial charge >= 0.3 is 0 Å². The van der Waals surface area contributed by atoms with E-state index in [2.05, 4.69) is 461 Å². The molecule has 0 aliphatic rings. The molecule has 548 valence electrons. The minimum Gasteiger partial charge on any atom is -0.0776 e. The molecule has 0 radical (unpaired) electrons. The molecule has 0 saturated carbocycles. The van der Waals surface area contributed by atoms with Gasteiger partial charge in [-0.2, -0.15) is 0 Å². The van der Waals surface area contributed by atoms with Crippen molar-refractivity contribution in [2.24, 2.45) is 0 Å². The van der Waals surface area contributed by atoms with E-state index in [1.165, 1.54) is 219 Å². The van der Waals surface area contributed by atoms with Gasteiger partial charge in [-0.05, 0) is 237 Å². The Balaban J connectivity index is 0.000000113. The van der Waals surface area contributed by atoms with Crippen LogP contribution in [0.3, 0.4) is 0 Å². The normalized spacial score (nSPS) is 11.4. The molecular formula is C117H80. The molecule has 0 saturated heterocycles. The van der Waals surface area contributed by atoms with E-state index >= 15 is 0 Å². The molecule has 23 aromatic carbocycles. The maximum absolute atomic E-state index is 2.38. The summed E-state index contributed by atoms with van der Waals surface area (Å²) in [6.07, 6.45) is 0. The van der Waals surface area contributed by atoms with Crippen molar-refractivity contribution in [1.29, 1.82) is 0 Å². The second-order valence-electron chi connectivity index (χ2n) is 30.3. The Hall–Kier alpha value is -15.1. The largest absolute Gasteiger partial charge is 0.0776 e. The lowest BCUT2D eigenvalue weighted by Gasteiger charge is -2.19. The predicted molar refractivity (Wildman–Crippen MR) is 508 cm³/mol. The summed E-state index contributed by atoms with van der Waals surface area (Å²) in [7, 11) is 0. The first-order chi connectivity index (χ1) is 57.6. The average Bonchev–Trinajstić information content (AvgIpc) is 0.729. The second-order valence-corrected chi connectivity index (χ2v) is 30.3. The standard InChI is InChI=1S/2C40H26.C36H24.CH4/c1-3-15-31-27(11-1)13-9-21-32(31)29-23-25-30(26-24-29)39-35-17-5-7-19-37(35)40(38-20-8-6-18-36(38)39)34-22-10-14-28-12-2-4-16-33(28)34;1-2-13-27(14-3-1)39-34-21-8-10-23-36(34)40(37-24-11-9-22-35(37)39)30-17-12-16-28(25-30)38-26-29-15-4-5-18-31(29)32-19-6-7-20-33(32)38;1-2-13-26(14-3-1)35-31-19-6-8-21-33(31)36(34-22-9-7-20-32(34)35)28-17-10-16-27(24-28)30-23-11-15-25-12-4-5-18-29(25)30;/h2*1-26H;1-24H;1H4. The van der Waals surface area contributed by atoms with Crippen LogP contribution in [0.5, 0.6) is 0 Å². The molecule has 0 heterocycles. The molecule has 0 aromatic heterocycles. The van der Waals surface area contributed by atoms with Gasteiger partial charge in [0.1, 0.15) is 0 Å². The van der Waals surface area contributed by atoms with Gasteiger partial charge in [-0.25, -0.2) is 0 Å². The summed E-state index contributed by atoms with van der Waals surface area (Å²) in [5, 5.41) is 28.2. The maximum atomic E-state index is 2.38. The van der Waals surface area contributed by atoms with Gasteiger partial charge in [0, 0.05) is 0 Å². The summed E-state index contributed by atoms with van der Waals surface area (Å²) in [5.41, 5.74) is 22.8. The number of fused-ring (bicyclic) bond motifs is 12. The fraction of sp³-hybridized carbons (Fsp3) is 0.00855. The lowest BCUT2D eigenvalue weighted by Crippen LogP contribution is -1.91. The summed E-state index contributed by atoms with van der Waals surface area (Å²) < 4.78 is 0. The van der Waals surface area contributed by atoms with Crippen LogP contribution < -0.4 is 0 Å². The van der Waals surface area contributed by atoms with Gasteiger partial charge in [0.2, 0.25) is 0 Å². The summed E-state index contributed by atoms with van der Waals surface area (Å²) in [6, 6.07) is 168. The van der Waals surface area contributed by atoms with Crippen molar-refractivity contribution in [1.82, 2.24) is 0 Å². The van der Waals surface area contributed by atoms with E-state index in [1.54, 1.807) is 0 Å². The van der Waals surface area contributed by atoms with Gasteiger partial charge in [-0.3, -0.25) is 0 Å². The molecule has 0 bridgehead atoms. The average molecular weight is 1490 g/mol. The molecule has 0 spiro atoms. The molecular weight excluding hydrogens is 1410 g/mol. The van der Waals surface area contributed by atoms with E-state index in [4.69, 9.17) is 0 Å². The molecule has 0 heteroatoms. The minimum atomic E-state index is 0. The highest BCUT2D eigenvalue weighted by Crippen LogP contribution is 2.50. The van der Waals surface area contributed by atoms with Crippen molar-refractivity contribution < 1.29 is 0 Å². The first-order valence-electron chi connectivity index (χ1n) is 40.2. The second kappa shape index (κ2) is 30.8. The van der Waals surface area contributed by atoms with Gasteiger partial charge in [0.15, 0.2) is 0 Å². The monoisotopic (exact) mass is 1480 g/mol. The third-order valence-corrected chi connectivity index (χ3v) is 23.7. The molecule has 23 rings (SSSR count). The number of benzene rings is 23. The summed E-state index contributed by atoms with van der Waals surface area (Å²) in [5.74, 6) is 0. The first-order valence-corrected chi connectivity index (χ1v) is 40.2. The van der Waals surface area contributed by atoms with Crippen LogP contribution in [-0.4, -0.2) is 0 Å². The number of hydrogen-bond acceptors (Lipinski definition) is 0. The number of hydrogen-bond donors (Lipinski definition) is 0. The molecule has 0 fully saturated rings. The minimum absolute atomic E-state index is 0. The Morgan fingerprint density at radius 2 is 0.316 bits per heavy atom. The van der Waals surface area contributed by atoms with Crippen molar-refractivity contribution >= 4 is 118 Å². The highest BCUT2D eigenvalue weighted by Gasteiger charge is 2.22. The lowest BCUT2D eigenvalue weighted by molar-refractivity contribution is 1.63. The van der Waals surface area contributed by atoms with Crippen LogP contribution in [0.4, 0.5) is 0 Å². The van der Waals surface area contributed by atoms with Crippen LogP contribution in [0, 0.1) is 0 Å². The van der Waals surface area contributed by atoms with Gasteiger partial charge in [-0.1, -0.05) is 450 Å². The highest BCUT2D eigenvalue weighted by atomic mass is 14.3. The topological polar surface area (TPSA) is 0 Å². The lowest BCUT2D eigenvalue weighted by atomic mass is 9.84. The molecule has 0 N–H and O–H groups in total. The molecule has 0 amide bonds. The van der Waals surface area contributed by atoms with Crippen LogP contribution in [0.2, 0.25) is 0 Å². The molecule has 117 heavy (non-hydrogen) atoms. The predicted octanol–water partition coefficient (Wildman–Crippen LogP) is 33.4. The van der Waals surface area contributed by atoms with Crippen LogP contribution >= 0.6 is 0 Å².